The minimum Gasteiger partial charge on any atom is -0.495 e. The monoisotopic (exact) mass is 458 g/mol. The molecule has 0 saturated carbocycles. The molecule has 3 amide bonds. The highest BCUT2D eigenvalue weighted by Crippen LogP contribution is 2.32. The van der Waals surface area contributed by atoms with Crippen LogP contribution in [0.3, 0.4) is 0 Å². The molecule has 3 aromatic carbocycles. The second-order valence-electron chi connectivity index (χ2n) is 8.53. The van der Waals surface area contributed by atoms with Crippen molar-refractivity contribution in [2.75, 3.05) is 41.0 Å². The molecule has 1 aliphatic rings. The molecule has 1 fully saturated rings. The molecule has 0 aromatic heterocycles. The molecule has 0 radical (unpaired) electrons. The number of benzene rings is 3. The molecule has 1 aliphatic heterocycles. The fraction of sp³-hybridized carbons (Fsp3) is 0.259. The number of rotatable bonds is 6. The number of carbonyl (C=O) groups excluding carboxylic acids is 2. The minimum atomic E-state index is -0.383. The zero-order valence-corrected chi connectivity index (χ0v) is 19.8. The lowest BCUT2D eigenvalue weighted by Gasteiger charge is -2.23. The molecule has 4 rings (SSSR count). The van der Waals surface area contributed by atoms with Crippen LogP contribution in [0, 0.1) is 13.8 Å². The van der Waals surface area contributed by atoms with Crippen LogP contribution in [0.1, 0.15) is 34.3 Å². The molecule has 3 aromatic rings. The molecule has 176 valence electrons. The van der Waals surface area contributed by atoms with Gasteiger partial charge in [-0.3, -0.25) is 4.79 Å². The number of hydrogen-bond donors (Lipinski definition) is 3. The zero-order valence-electron chi connectivity index (χ0n) is 19.8. The molecule has 3 N–H and O–H groups in total. The summed E-state index contributed by atoms with van der Waals surface area (Å²) < 4.78 is 5.37. The maximum absolute atomic E-state index is 12.9. The Labute approximate surface area is 200 Å². The molecule has 0 spiro atoms. The Morgan fingerprint density at radius 2 is 1.47 bits per heavy atom. The number of amides is 3. The average Bonchev–Trinajstić information content (AvgIpc) is 3.34. The Bertz CT molecular complexity index is 1180. The third kappa shape index (κ3) is 5.49. The van der Waals surface area contributed by atoms with E-state index in [0.717, 1.165) is 42.7 Å². The molecule has 7 nitrogen and oxygen atoms in total. The number of nitrogens with one attached hydrogen (secondary N) is 3. The third-order valence-electron chi connectivity index (χ3n) is 5.87. The van der Waals surface area contributed by atoms with E-state index in [1.54, 1.807) is 25.3 Å². The van der Waals surface area contributed by atoms with Crippen molar-refractivity contribution in [2.45, 2.75) is 26.7 Å². The summed E-state index contributed by atoms with van der Waals surface area (Å²) in [6.07, 6.45) is 2.22. The van der Waals surface area contributed by atoms with Gasteiger partial charge in [-0.05, 0) is 74.7 Å². The summed E-state index contributed by atoms with van der Waals surface area (Å²) in [7, 11) is 1.57. The quantitative estimate of drug-likeness (QED) is 0.435. The first-order valence-electron chi connectivity index (χ1n) is 11.4. The number of methoxy groups -OCH3 is 1. The maximum Gasteiger partial charge on any atom is 0.323 e. The number of anilines is 4. The Morgan fingerprint density at radius 3 is 2.18 bits per heavy atom. The second-order valence-corrected chi connectivity index (χ2v) is 8.53. The molecule has 0 aliphatic carbocycles. The van der Waals surface area contributed by atoms with Crippen LogP contribution in [0.4, 0.5) is 27.5 Å². The van der Waals surface area contributed by atoms with Gasteiger partial charge in [0.25, 0.3) is 5.91 Å². The van der Waals surface area contributed by atoms with Crippen LogP contribution in [0.25, 0.3) is 0 Å². The number of ether oxygens (including phenoxy) is 1. The van der Waals surface area contributed by atoms with Crippen molar-refractivity contribution >= 4 is 34.7 Å². The molecule has 0 atom stereocenters. The van der Waals surface area contributed by atoms with Gasteiger partial charge in [0.2, 0.25) is 0 Å². The fourth-order valence-corrected chi connectivity index (χ4v) is 4.05. The van der Waals surface area contributed by atoms with Crippen LogP contribution in [0.15, 0.2) is 60.7 Å². The van der Waals surface area contributed by atoms with Crippen LogP contribution in [0.2, 0.25) is 0 Å². The van der Waals surface area contributed by atoms with Gasteiger partial charge >= 0.3 is 6.03 Å². The van der Waals surface area contributed by atoms with Crippen LogP contribution < -0.4 is 25.6 Å². The van der Waals surface area contributed by atoms with Gasteiger partial charge in [-0.25, -0.2) is 4.79 Å². The molecule has 1 heterocycles. The Kier molecular flexibility index (Phi) is 7.01. The van der Waals surface area contributed by atoms with E-state index in [1.807, 2.05) is 56.3 Å². The zero-order chi connectivity index (χ0) is 24.1. The number of urea groups is 1. The molecular weight excluding hydrogens is 428 g/mol. The maximum atomic E-state index is 12.9. The molecule has 7 heteroatoms. The fourth-order valence-electron chi connectivity index (χ4n) is 4.05. The standard InChI is InChI=1S/C27H30N4O3/c1-18-6-9-20(10-7-18)26(32)28-21-11-12-24(31-14-4-5-15-31)22(17-21)29-27(33)30-23-16-19(2)8-13-25(23)34-3/h6-13,16-17H,4-5,14-15H2,1-3H3,(H,28,32)(H2,29,30,33). The first kappa shape index (κ1) is 23.2. The van der Waals surface area contributed by atoms with E-state index < -0.39 is 0 Å². The SMILES string of the molecule is COc1ccc(C)cc1NC(=O)Nc1cc(NC(=O)c2ccc(C)cc2)ccc1N1CCCC1. The van der Waals surface area contributed by atoms with Crippen molar-refractivity contribution in [3.63, 3.8) is 0 Å². The molecule has 0 bridgehead atoms. The van der Waals surface area contributed by atoms with Gasteiger partial charge in [0, 0.05) is 24.3 Å². The first-order chi connectivity index (χ1) is 16.4. The summed E-state index contributed by atoms with van der Waals surface area (Å²) >= 11 is 0. The Hall–Kier alpha value is -4.00. The van der Waals surface area contributed by atoms with E-state index in [9.17, 15) is 9.59 Å². The van der Waals surface area contributed by atoms with Crippen molar-refractivity contribution in [2.24, 2.45) is 0 Å². The van der Waals surface area contributed by atoms with E-state index in [4.69, 9.17) is 4.74 Å². The second kappa shape index (κ2) is 10.3. The van der Waals surface area contributed by atoms with Gasteiger partial charge in [-0.2, -0.15) is 0 Å². The summed E-state index contributed by atoms with van der Waals surface area (Å²) in [5, 5.41) is 8.78. The van der Waals surface area contributed by atoms with Gasteiger partial charge in [-0.15, -0.1) is 0 Å². The molecule has 34 heavy (non-hydrogen) atoms. The summed E-state index contributed by atoms with van der Waals surface area (Å²) in [6, 6.07) is 18.2. The van der Waals surface area contributed by atoms with Gasteiger partial charge in [-0.1, -0.05) is 23.8 Å². The summed E-state index contributed by atoms with van der Waals surface area (Å²) in [4.78, 5) is 27.9. The summed E-state index contributed by atoms with van der Waals surface area (Å²) in [5.74, 6) is 0.383. The summed E-state index contributed by atoms with van der Waals surface area (Å²) in [5.41, 5.74) is 5.44. The van der Waals surface area contributed by atoms with Crippen molar-refractivity contribution in [3.05, 3.63) is 77.4 Å². The van der Waals surface area contributed by atoms with Gasteiger partial charge < -0.3 is 25.6 Å². The van der Waals surface area contributed by atoms with Crippen molar-refractivity contribution in [3.8, 4) is 5.75 Å². The van der Waals surface area contributed by atoms with Crippen LogP contribution in [0.5, 0.6) is 5.75 Å². The van der Waals surface area contributed by atoms with Crippen molar-refractivity contribution in [1.29, 1.82) is 0 Å². The largest absolute Gasteiger partial charge is 0.495 e. The highest BCUT2D eigenvalue weighted by Gasteiger charge is 2.19. The van der Waals surface area contributed by atoms with Crippen molar-refractivity contribution in [1.82, 2.24) is 0 Å². The Balaban J connectivity index is 1.56. The van der Waals surface area contributed by atoms with Gasteiger partial charge in [0.15, 0.2) is 0 Å². The van der Waals surface area contributed by atoms with E-state index in [-0.39, 0.29) is 11.9 Å². The lowest BCUT2D eigenvalue weighted by atomic mass is 10.1. The minimum absolute atomic E-state index is 0.200. The van der Waals surface area contributed by atoms with Crippen LogP contribution in [-0.2, 0) is 0 Å². The molecule has 0 unspecified atom stereocenters. The third-order valence-corrected chi connectivity index (χ3v) is 5.87. The lowest BCUT2D eigenvalue weighted by Crippen LogP contribution is -2.24. The molecular formula is C27H30N4O3. The van der Waals surface area contributed by atoms with E-state index in [0.29, 0.717) is 28.4 Å². The average molecular weight is 459 g/mol. The Morgan fingerprint density at radius 1 is 0.794 bits per heavy atom. The lowest BCUT2D eigenvalue weighted by molar-refractivity contribution is 0.102. The normalized spacial score (nSPS) is 12.9. The van der Waals surface area contributed by atoms with Crippen LogP contribution >= 0.6 is 0 Å². The topological polar surface area (TPSA) is 82.7 Å². The highest BCUT2D eigenvalue weighted by molar-refractivity contribution is 6.06. The molecule has 1 saturated heterocycles. The first-order valence-corrected chi connectivity index (χ1v) is 11.4. The smallest absolute Gasteiger partial charge is 0.323 e. The van der Waals surface area contributed by atoms with Crippen molar-refractivity contribution < 1.29 is 14.3 Å². The number of hydrogen-bond acceptors (Lipinski definition) is 4. The van der Waals surface area contributed by atoms with Gasteiger partial charge in [0.1, 0.15) is 5.75 Å². The predicted octanol–water partition coefficient (Wildman–Crippen LogP) is 5.81. The number of nitrogens with zero attached hydrogens (tertiary/aromatic N) is 1. The number of aryl methyl sites for hydroxylation is 2. The van der Waals surface area contributed by atoms with Crippen LogP contribution in [-0.4, -0.2) is 32.1 Å². The van der Waals surface area contributed by atoms with Gasteiger partial charge in [0.05, 0.1) is 24.2 Å². The summed E-state index contributed by atoms with van der Waals surface area (Å²) in [6.45, 7) is 5.79. The van der Waals surface area contributed by atoms with E-state index in [2.05, 4.69) is 20.9 Å². The van der Waals surface area contributed by atoms with E-state index in [1.165, 1.54) is 0 Å². The number of carbonyl (C=O) groups is 2. The highest BCUT2D eigenvalue weighted by atomic mass is 16.5. The predicted molar refractivity (Wildman–Crippen MR) is 137 cm³/mol. The van der Waals surface area contributed by atoms with E-state index >= 15 is 0 Å².